The first-order valence-corrected chi connectivity index (χ1v) is 7.91. The molecule has 7 nitrogen and oxygen atoms in total. The maximum Gasteiger partial charge on any atom is 0.269 e. The third kappa shape index (κ3) is 4.56. The van der Waals surface area contributed by atoms with Crippen LogP contribution >= 0.6 is 0 Å². The van der Waals surface area contributed by atoms with E-state index < -0.39 is 10.8 Å². The lowest BCUT2D eigenvalue weighted by molar-refractivity contribution is -0.384. The summed E-state index contributed by atoms with van der Waals surface area (Å²) < 4.78 is 0. The quantitative estimate of drug-likeness (QED) is 0.387. The number of non-ortho nitro benzene ring substituents is 1. The second-order valence-corrected chi connectivity index (χ2v) is 5.87. The minimum absolute atomic E-state index is 0.0152. The first kappa shape index (κ1) is 17.5. The van der Waals surface area contributed by atoms with Crippen molar-refractivity contribution in [1.29, 1.82) is 5.26 Å². The number of rotatable bonds is 5. The van der Waals surface area contributed by atoms with E-state index in [1.54, 1.807) is 6.20 Å². The Morgan fingerprint density at radius 1 is 1.33 bits per heavy atom. The van der Waals surface area contributed by atoms with Gasteiger partial charge in [0.2, 0.25) is 0 Å². The molecule has 1 N–H and O–H groups in total. The van der Waals surface area contributed by atoms with Crippen molar-refractivity contribution in [3.05, 3.63) is 46.2 Å². The van der Waals surface area contributed by atoms with Crippen LogP contribution in [0.5, 0.6) is 0 Å². The highest BCUT2D eigenvalue weighted by atomic mass is 16.6. The maximum atomic E-state index is 12.2. The van der Waals surface area contributed by atoms with Crippen molar-refractivity contribution in [3.63, 3.8) is 0 Å². The van der Waals surface area contributed by atoms with Crippen molar-refractivity contribution in [2.75, 3.05) is 12.4 Å². The molecule has 1 aliphatic carbocycles. The lowest BCUT2D eigenvalue weighted by Crippen LogP contribution is -2.30. The average molecular weight is 328 g/mol. The summed E-state index contributed by atoms with van der Waals surface area (Å²) in [4.78, 5) is 24.3. The van der Waals surface area contributed by atoms with Crippen LogP contribution in [0.2, 0.25) is 0 Å². The molecule has 1 amide bonds. The molecule has 1 fully saturated rings. The van der Waals surface area contributed by atoms with Crippen LogP contribution in [0.1, 0.15) is 32.1 Å². The summed E-state index contributed by atoms with van der Waals surface area (Å²) in [6.07, 6.45) is 7.28. The highest BCUT2D eigenvalue weighted by molar-refractivity contribution is 6.06. The Bertz CT molecular complexity index is 670. The second kappa shape index (κ2) is 8.11. The van der Waals surface area contributed by atoms with Crippen molar-refractivity contribution >= 4 is 17.3 Å². The molecule has 0 spiro atoms. The molecule has 1 aliphatic rings. The van der Waals surface area contributed by atoms with Crippen LogP contribution in [-0.4, -0.2) is 28.8 Å². The third-order valence-corrected chi connectivity index (χ3v) is 4.18. The number of nitriles is 1. The standard InChI is InChI=1S/C17H20N4O3/c1-20(15-5-3-2-4-6-15)12-13(11-18)17(22)19-14-7-9-16(10-8-14)21(23)24/h7-10,12,15H,2-6H2,1H3,(H,19,22)/b13-12-. The van der Waals surface area contributed by atoms with Crippen molar-refractivity contribution in [3.8, 4) is 6.07 Å². The number of nitrogens with zero attached hydrogens (tertiary/aromatic N) is 3. The number of carbonyl (C=O) groups excluding carboxylic acids is 1. The van der Waals surface area contributed by atoms with Gasteiger partial charge in [-0.2, -0.15) is 5.26 Å². The van der Waals surface area contributed by atoms with Crippen LogP contribution in [0.25, 0.3) is 0 Å². The Balaban J connectivity index is 2.03. The monoisotopic (exact) mass is 328 g/mol. The maximum absolute atomic E-state index is 12.2. The zero-order valence-electron chi connectivity index (χ0n) is 13.6. The highest BCUT2D eigenvalue weighted by Gasteiger charge is 2.18. The summed E-state index contributed by atoms with van der Waals surface area (Å²) >= 11 is 0. The van der Waals surface area contributed by atoms with Gasteiger partial charge >= 0.3 is 0 Å². The van der Waals surface area contributed by atoms with E-state index in [-0.39, 0.29) is 11.3 Å². The summed E-state index contributed by atoms with van der Waals surface area (Å²) in [6, 6.07) is 7.77. The van der Waals surface area contributed by atoms with E-state index in [1.807, 2.05) is 18.0 Å². The molecule has 0 aromatic heterocycles. The van der Waals surface area contributed by atoms with Crippen molar-refractivity contribution in [2.24, 2.45) is 0 Å². The van der Waals surface area contributed by atoms with Gasteiger partial charge in [0.15, 0.2) is 0 Å². The first-order valence-electron chi connectivity index (χ1n) is 7.91. The van der Waals surface area contributed by atoms with Crippen molar-refractivity contribution in [1.82, 2.24) is 4.90 Å². The fourth-order valence-corrected chi connectivity index (χ4v) is 2.80. The number of hydrogen-bond donors (Lipinski definition) is 1. The molecular formula is C17H20N4O3. The van der Waals surface area contributed by atoms with Crippen molar-refractivity contribution < 1.29 is 9.72 Å². The Morgan fingerprint density at radius 2 is 1.96 bits per heavy atom. The molecule has 0 aliphatic heterocycles. The molecule has 7 heteroatoms. The molecule has 0 saturated heterocycles. The van der Waals surface area contributed by atoms with Crippen LogP contribution in [0, 0.1) is 21.4 Å². The van der Waals surface area contributed by atoms with Crippen LogP contribution < -0.4 is 5.32 Å². The lowest BCUT2D eigenvalue weighted by atomic mass is 9.94. The fourth-order valence-electron chi connectivity index (χ4n) is 2.80. The van der Waals surface area contributed by atoms with Crippen LogP contribution in [0.4, 0.5) is 11.4 Å². The van der Waals surface area contributed by atoms with Crippen LogP contribution in [0.3, 0.4) is 0 Å². The van der Waals surface area contributed by atoms with Gasteiger partial charge in [-0.3, -0.25) is 14.9 Å². The third-order valence-electron chi connectivity index (χ3n) is 4.18. The molecule has 2 rings (SSSR count). The Kier molecular flexibility index (Phi) is 5.90. The zero-order valence-corrected chi connectivity index (χ0v) is 13.6. The average Bonchev–Trinajstić information content (AvgIpc) is 2.60. The normalized spacial score (nSPS) is 15.4. The fraction of sp³-hybridized carbons (Fsp3) is 0.412. The number of nitro benzene ring substituents is 1. The van der Waals surface area contributed by atoms with E-state index in [0.717, 1.165) is 12.8 Å². The summed E-state index contributed by atoms with van der Waals surface area (Å²) in [5.41, 5.74) is 0.370. The van der Waals surface area contributed by atoms with Gasteiger partial charge in [0, 0.05) is 37.1 Å². The van der Waals surface area contributed by atoms with E-state index in [2.05, 4.69) is 5.32 Å². The molecule has 1 aromatic carbocycles. The number of hydrogen-bond acceptors (Lipinski definition) is 5. The summed E-state index contributed by atoms with van der Waals surface area (Å²) in [5.74, 6) is -0.519. The van der Waals surface area contributed by atoms with E-state index in [4.69, 9.17) is 0 Å². The first-order chi connectivity index (χ1) is 11.5. The molecule has 1 saturated carbocycles. The molecule has 0 bridgehead atoms. The summed E-state index contributed by atoms with van der Waals surface area (Å²) in [6.45, 7) is 0. The molecule has 0 heterocycles. The van der Waals surface area contributed by atoms with Gasteiger partial charge in [0.25, 0.3) is 11.6 Å². The molecule has 24 heavy (non-hydrogen) atoms. The van der Waals surface area contributed by atoms with Gasteiger partial charge in [-0.15, -0.1) is 0 Å². The Labute approximate surface area is 140 Å². The molecule has 0 unspecified atom stereocenters. The largest absolute Gasteiger partial charge is 0.376 e. The highest BCUT2D eigenvalue weighted by Crippen LogP contribution is 2.22. The summed E-state index contributed by atoms with van der Waals surface area (Å²) in [5, 5.41) is 22.5. The number of anilines is 1. The smallest absolute Gasteiger partial charge is 0.269 e. The predicted molar refractivity (Wildman–Crippen MR) is 90.1 cm³/mol. The Hall–Kier alpha value is -2.88. The zero-order chi connectivity index (χ0) is 17.5. The molecular weight excluding hydrogens is 308 g/mol. The van der Waals surface area contributed by atoms with E-state index in [1.165, 1.54) is 43.5 Å². The number of benzene rings is 1. The van der Waals surface area contributed by atoms with Gasteiger partial charge in [-0.05, 0) is 25.0 Å². The predicted octanol–water partition coefficient (Wildman–Crippen LogP) is 3.21. The number of nitro groups is 1. The molecule has 126 valence electrons. The van der Waals surface area contributed by atoms with Gasteiger partial charge in [-0.25, -0.2) is 0 Å². The summed E-state index contributed by atoms with van der Waals surface area (Å²) in [7, 11) is 1.88. The number of carbonyl (C=O) groups is 1. The van der Waals surface area contributed by atoms with Crippen molar-refractivity contribution in [2.45, 2.75) is 38.1 Å². The SMILES string of the molecule is CN(/C=C(/C#N)C(=O)Nc1ccc([N+](=O)[O-])cc1)C1CCCCC1. The van der Waals surface area contributed by atoms with Crippen LogP contribution in [0.15, 0.2) is 36.0 Å². The van der Waals surface area contributed by atoms with Crippen LogP contribution in [-0.2, 0) is 4.79 Å². The van der Waals surface area contributed by atoms with Gasteiger partial charge in [0.05, 0.1) is 4.92 Å². The minimum Gasteiger partial charge on any atom is -0.376 e. The van der Waals surface area contributed by atoms with Gasteiger partial charge in [-0.1, -0.05) is 19.3 Å². The van der Waals surface area contributed by atoms with E-state index >= 15 is 0 Å². The molecule has 1 aromatic rings. The topological polar surface area (TPSA) is 99.3 Å². The van der Waals surface area contributed by atoms with Gasteiger partial charge in [0.1, 0.15) is 11.6 Å². The van der Waals surface area contributed by atoms with E-state index in [9.17, 15) is 20.2 Å². The lowest BCUT2D eigenvalue weighted by Gasteiger charge is -2.30. The van der Waals surface area contributed by atoms with Gasteiger partial charge < -0.3 is 10.2 Å². The minimum atomic E-state index is -0.519. The second-order valence-electron chi connectivity index (χ2n) is 5.87. The molecule has 0 radical (unpaired) electrons. The number of nitrogens with one attached hydrogen (secondary N) is 1. The Morgan fingerprint density at radius 3 is 2.50 bits per heavy atom. The number of amides is 1. The molecule has 0 atom stereocenters. The van der Waals surface area contributed by atoms with E-state index in [0.29, 0.717) is 11.7 Å².